The highest BCUT2D eigenvalue weighted by atomic mass is 16.5. The molecule has 5 nitrogen and oxygen atoms in total. The largest absolute Gasteiger partial charge is 0.489 e. The van der Waals surface area contributed by atoms with Crippen molar-refractivity contribution in [1.29, 1.82) is 0 Å². The average molecular weight is 300 g/mol. The second-order valence-corrected chi connectivity index (χ2v) is 5.47. The van der Waals surface area contributed by atoms with Gasteiger partial charge in [0, 0.05) is 31.7 Å². The van der Waals surface area contributed by atoms with Gasteiger partial charge in [0.2, 0.25) is 0 Å². The standard InChI is InChI=1S/C17H20N2O3/c1-18-8-10-19(11-9-18)17(20)16-14(7-12-21-16)13-22-15-5-3-2-4-6-15/h2-7,12H,8-11,13H2,1H3. The van der Waals surface area contributed by atoms with E-state index >= 15 is 0 Å². The molecule has 1 saturated heterocycles. The van der Waals surface area contributed by atoms with Crippen molar-refractivity contribution in [2.24, 2.45) is 0 Å². The van der Waals surface area contributed by atoms with E-state index in [9.17, 15) is 4.79 Å². The summed E-state index contributed by atoms with van der Waals surface area (Å²) in [5.74, 6) is 1.12. The number of furan rings is 1. The Morgan fingerprint density at radius 3 is 2.59 bits per heavy atom. The molecule has 1 amide bonds. The van der Waals surface area contributed by atoms with Crippen LogP contribution < -0.4 is 4.74 Å². The second-order valence-electron chi connectivity index (χ2n) is 5.47. The Bertz CT molecular complexity index is 616. The predicted octanol–water partition coefficient (Wildman–Crippen LogP) is 2.25. The fraction of sp³-hybridized carbons (Fsp3) is 0.353. The van der Waals surface area contributed by atoms with E-state index in [0.29, 0.717) is 12.4 Å². The maximum Gasteiger partial charge on any atom is 0.290 e. The summed E-state index contributed by atoms with van der Waals surface area (Å²) in [5.41, 5.74) is 0.785. The highest BCUT2D eigenvalue weighted by molar-refractivity contribution is 5.93. The van der Waals surface area contributed by atoms with Gasteiger partial charge in [-0.25, -0.2) is 0 Å². The van der Waals surface area contributed by atoms with Gasteiger partial charge in [0.1, 0.15) is 12.4 Å². The summed E-state index contributed by atoms with van der Waals surface area (Å²) >= 11 is 0. The molecule has 22 heavy (non-hydrogen) atoms. The van der Waals surface area contributed by atoms with Crippen LogP contribution in [0.15, 0.2) is 47.1 Å². The Balaban J connectivity index is 1.65. The number of nitrogens with zero attached hydrogens (tertiary/aromatic N) is 2. The molecule has 5 heteroatoms. The number of likely N-dealkylation sites (N-methyl/N-ethyl adjacent to an activating group) is 1. The molecule has 1 aromatic heterocycles. The molecule has 0 radical (unpaired) electrons. The minimum Gasteiger partial charge on any atom is -0.489 e. The minimum absolute atomic E-state index is 0.0511. The number of carbonyl (C=O) groups excluding carboxylic acids is 1. The second kappa shape index (κ2) is 6.66. The van der Waals surface area contributed by atoms with E-state index in [4.69, 9.17) is 9.15 Å². The third-order valence-corrected chi connectivity index (χ3v) is 3.87. The monoisotopic (exact) mass is 300 g/mol. The number of carbonyl (C=O) groups is 1. The Morgan fingerprint density at radius 2 is 1.86 bits per heavy atom. The third-order valence-electron chi connectivity index (χ3n) is 3.87. The van der Waals surface area contributed by atoms with Gasteiger partial charge in [-0.1, -0.05) is 18.2 Å². The zero-order valence-corrected chi connectivity index (χ0v) is 12.7. The maximum absolute atomic E-state index is 12.6. The molecule has 1 aliphatic rings. The van der Waals surface area contributed by atoms with E-state index in [1.54, 1.807) is 12.3 Å². The van der Waals surface area contributed by atoms with Gasteiger partial charge in [0.25, 0.3) is 5.91 Å². The number of benzene rings is 1. The Labute approximate surface area is 130 Å². The summed E-state index contributed by atoms with van der Waals surface area (Å²) in [5, 5.41) is 0. The number of hydrogen-bond donors (Lipinski definition) is 0. The van der Waals surface area contributed by atoms with Crippen LogP contribution >= 0.6 is 0 Å². The van der Waals surface area contributed by atoms with Crippen molar-refractivity contribution >= 4 is 5.91 Å². The summed E-state index contributed by atoms with van der Waals surface area (Å²) in [4.78, 5) is 16.6. The van der Waals surface area contributed by atoms with Crippen LogP contribution in [0, 0.1) is 0 Å². The van der Waals surface area contributed by atoms with Crippen molar-refractivity contribution in [3.8, 4) is 5.75 Å². The molecule has 2 heterocycles. The number of para-hydroxylation sites is 1. The quantitative estimate of drug-likeness (QED) is 0.869. The first-order valence-electron chi connectivity index (χ1n) is 7.46. The lowest BCUT2D eigenvalue weighted by atomic mass is 10.2. The van der Waals surface area contributed by atoms with Gasteiger partial charge in [0.05, 0.1) is 6.26 Å². The molecule has 1 fully saturated rings. The van der Waals surface area contributed by atoms with Crippen LogP contribution in [0.4, 0.5) is 0 Å². The lowest BCUT2D eigenvalue weighted by Gasteiger charge is -2.32. The molecule has 0 bridgehead atoms. The van der Waals surface area contributed by atoms with E-state index < -0.39 is 0 Å². The van der Waals surface area contributed by atoms with Crippen molar-refractivity contribution in [2.75, 3.05) is 33.2 Å². The van der Waals surface area contributed by atoms with Crippen molar-refractivity contribution in [1.82, 2.24) is 9.80 Å². The van der Waals surface area contributed by atoms with Crippen LogP contribution in [-0.2, 0) is 6.61 Å². The molecule has 0 spiro atoms. The lowest BCUT2D eigenvalue weighted by molar-refractivity contribution is 0.0629. The van der Waals surface area contributed by atoms with Crippen LogP contribution in [0.1, 0.15) is 16.1 Å². The van der Waals surface area contributed by atoms with Crippen LogP contribution in [0.25, 0.3) is 0 Å². The van der Waals surface area contributed by atoms with Crippen LogP contribution in [0.5, 0.6) is 5.75 Å². The van der Waals surface area contributed by atoms with E-state index in [2.05, 4.69) is 11.9 Å². The summed E-state index contributed by atoms with van der Waals surface area (Å²) in [7, 11) is 2.06. The highest BCUT2D eigenvalue weighted by Gasteiger charge is 2.25. The first kappa shape index (κ1) is 14.7. The number of ether oxygens (including phenoxy) is 1. The minimum atomic E-state index is -0.0511. The first-order chi connectivity index (χ1) is 10.7. The molecular weight excluding hydrogens is 280 g/mol. The third kappa shape index (κ3) is 3.31. The van der Waals surface area contributed by atoms with Gasteiger partial charge < -0.3 is 19.0 Å². The van der Waals surface area contributed by atoms with Crippen molar-refractivity contribution < 1.29 is 13.9 Å². The molecule has 116 valence electrons. The number of amides is 1. The SMILES string of the molecule is CN1CCN(C(=O)c2occc2COc2ccccc2)CC1. The van der Waals surface area contributed by atoms with E-state index in [1.165, 1.54) is 0 Å². The molecular formula is C17H20N2O3. The molecule has 0 atom stereocenters. The number of piperazine rings is 1. The topological polar surface area (TPSA) is 45.9 Å². The number of rotatable bonds is 4. The molecule has 1 aromatic carbocycles. The summed E-state index contributed by atoms with van der Waals surface area (Å²) in [6.45, 7) is 3.57. The van der Waals surface area contributed by atoms with Crippen LogP contribution in [0.2, 0.25) is 0 Å². The molecule has 2 aromatic rings. The van der Waals surface area contributed by atoms with Gasteiger partial charge in [-0.3, -0.25) is 4.79 Å². The van der Waals surface area contributed by atoms with Crippen LogP contribution in [-0.4, -0.2) is 48.9 Å². The maximum atomic E-state index is 12.6. The van der Waals surface area contributed by atoms with Gasteiger partial charge in [-0.2, -0.15) is 0 Å². The van der Waals surface area contributed by atoms with Crippen molar-refractivity contribution in [3.05, 3.63) is 54.0 Å². The average Bonchev–Trinajstić information content (AvgIpc) is 3.02. The van der Waals surface area contributed by atoms with E-state index in [1.807, 2.05) is 35.2 Å². The van der Waals surface area contributed by atoms with Gasteiger partial charge in [-0.15, -0.1) is 0 Å². The zero-order valence-electron chi connectivity index (χ0n) is 12.7. The van der Waals surface area contributed by atoms with Crippen LogP contribution in [0.3, 0.4) is 0 Å². The Hall–Kier alpha value is -2.27. The number of hydrogen-bond acceptors (Lipinski definition) is 4. The van der Waals surface area contributed by atoms with E-state index in [0.717, 1.165) is 37.5 Å². The smallest absolute Gasteiger partial charge is 0.290 e. The molecule has 1 aliphatic heterocycles. The first-order valence-corrected chi connectivity index (χ1v) is 7.46. The van der Waals surface area contributed by atoms with Gasteiger partial charge in [-0.05, 0) is 25.2 Å². The van der Waals surface area contributed by atoms with Gasteiger partial charge >= 0.3 is 0 Å². The summed E-state index contributed by atoms with van der Waals surface area (Å²) in [6.07, 6.45) is 1.55. The normalized spacial score (nSPS) is 15.8. The summed E-state index contributed by atoms with van der Waals surface area (Å²) in [6, 6.07) is 11.4. The molecule has 0 saturated carbocycles. The molecule has 0 aliphatic carbocycles. The zero-order chi connectivity index (χ0) is 15.4. The molecule has 0 N–H and O–H groups in total. The Kier molecular flexibility index (Phi) is 4.44. The summed E-state index contributed by atoms with van der Waals surface area (Å²) < 4.78 is 11.1. The predicted molar refractivity (Wildman–Crippen MR) is 82.9 cm³/mol. The lowest BCUT2D eigenvalue weighted by Crippen LogP contribution is -2.47. The molecule has 0 unspecified atom stereocenters. The van der Waals surface area contributed by atoms with Crippen molar-refractivity contribution in [3.63, 3.8) is 0 Å². The van der Waals surface area contributed by atoms with Crippen molar-refractivity contribution in [2.45, 2.75) is 6.61 Å². The fourth-order valence-corrected chi connectivity index (χ4v) is 2.47. The molecule has 3 rings (SSSR count). The highest BCUT2D eigenvalue weighted by Crippen LogP contribution is 2.18. The fourth-order valence-electron chi connectivity index (χ4n) is 2.47. The Morgan fingerprint density at radius 1 is 1.14 bits per heavy atom. The van der Waals surface area contributed by atoms with Gasteiger partial charge in [0.15, 0.2) is 5.76 Å². The van der Waals surface area contributed by atoms with E-state index in [-0.39, 0.29) is 5.91 Å².